The largest absolute Gasteiger partial charge is 0.344 e. The third-order valence-corrected chi connectivity index (χ3v) is 5.36. The first kappa shape index (κ1) is 17.0. The minimum absolute atomic E-state index is 0.0127. The van der Waals surface area contributed by atoms with Gasteiger partial charge in [-0.15, -0.1) is 0 Å². The topological polar surface area (TPSA) is 49.4 Å². The lowest BCUT2D eigenvalue weighted by Gasteiger charge is -2.26. The van der Waals surface area contributed by atoms with E-state index in [4.69, 9.17) is 0 Å². The molecule has 1 heterocycles. The van der Waals surface area contributed by atoms with Crippen LogP contribution in [0.5, 0.6) is 0 Å². The second-order valence-corrected chi connectivity index (χ2v) is 7.57. The molecule has 0 unspecified atom stereocenters. The Labute approximate surface area is 144 Å². The van der Waals surface area contributed by atoms with Crippen LogP contribution in [-0.4, -0.2) is 35.8 Å². The minimum Gasteiger partial charge on any atom is -0.344 e. The molecule has 130 valence electrons. The van der Waals surface area contributed by atoms with Gasteiger partial charge in [-0.1, -0.05) is 38.1 Å². The van der Waals surface area contributed by atoms with Crippen molar-refractivity contribution in [1.82, 2.24) is 10.2 Å². The monoisotopic (exact) mass is 328 g/mol. The summed E-state index contributed by atoms with van der Waals surface area (Å²) in [6.45, 7) is 7.76. The summed E-state index contributed by atoms with van der Waals surface area (Å²) < 4.78 is 0. The average Bonchev–Trinajstić information content (AvgIpc) is 3.15. The van der Waals surface area contributed by atoms with Gasteiger partial charge in [0.25, 0.3) is 0 Å². The zero-order valence-corrected chi connectivity index (χ0v) is 14.9. The number of nitrogens with one attached hydrogen (secondary N) is 1. The summed E-state index contributed by atoms with van der Waals surface area (Å²) >= 11 is 0. The Hall–Kier alpha value is -1.84. The van der Waals surface area contributed by atoms with Crippen molar-refractivity contribution >= 4 is 11.8 Å². The van der Waals surface area contributed by atoms with Gasteiger partial charge in [-0.05, 0) is 49.1 Å². The van der Waals surface area contributed by atoms with Gasteiger partial charge in [0.2, 0.25) is 11.8 Å². The number of amides is 2. The molecular formula is C20H28N2O2. The molecule has 0 radical (unpaired) electrons. The Morgan fingerprint density at radius 2 is 1.83 bits per heavy atom. The molecule has 0 spiro atoms. The Balaban J connectivity index is 1.63. The Kier molecular flexibility index (Phi) is 4.93. The number of carbonyl (C=O) groups is 2. The number of hydrogen-bond acceptors (Lipinski definition) is 2. The van der Waals surface area contributed by atoms with Crippen molar-refractivity contribution in [3.63, 3.8) is 0 Å². The van der Waals surface area contributed by atoms with Gasteiger partial charge in [-0.3, -0.25) is 9.59 Å². The van der Waals surface area contributed by atoms with Gasteiger partial charge < -0.3 is 10.2 Å². The molecule has 0 bridgehead atoms. The van der Waals surface area contributed by atoms with Crippen molar-refractivity contribution in [1.29, 1.82) is 0 Å². The maximum atomic E-state index is 12.7. The Morgan fingerprint density at radius 3 is 2.46 bits per heavy atom. The number of likely N-dealkylation sites (tertiary alicyclic amines) is 1. The van der Waals surface area contributed by atoms with Crippen LogP contribution < -0.4 is 5.32 Å². The van der Waals surface area contributed by atoms with E-state index in [9.17, 15) is 9.59 Å². The van der Waals surface area contributed by atoms with Crippen molar-refractivity contribution in [3.8, 4) is 0 Å². The standard InChI is InChI=1S/C20H28N2O2/c1-13(2)18(20(24)22-10-6-7-11-22)21-19(23)17-12-16(17)15-9-5-4-8-14(15)3/h4-5,8-9,13,16-18H,6-7,10-12H2,1-3H3,(H,21,23)/t16-,17-,18-/m0/s1. The SMILES string of the molecule is Cc1ccccc1[C@@H]1C[C@@H]1C(=O)N[C@H](C(=O)N1CCCC1)C(C)C. The summed E-state index contributed by atoms with van der Waals surface area (Å²) in [5, 5.41) is 3.04. The Morgan fingerprint density at radius 1 is 1.17 bits per heavy atom. The van der Waals surface area contributed by atoms with Crippen LogP contribution in [0.2, 0.25) is 0 Å². The van der Waals surface area contributed by atoms with Crippen LogP contribution in [-0.2, 0) is 9.59 Å². The molecule has 3 atom stereocenters. The van der Waals surface area contributed by atoms with Crippen LogP contribution in [0.25, 0.3) is 0 Å². The van der Waals surface area contributed by atoms with Crippen molar-refractivity contribution in [2.45, 2.75) is 52.0 Å². The highest BCUT2D eigenvalue weighted by atomic mass is 16.2. The summed E-state index contributed by atoms with van der Waals surface area (Å²) in [5.74, 6) is 0.552. The van der Waals surface area contributed by atoms with Gasteiger partial charge in [-0.25, -0.2) is 0 Å². The third-order valence-electron chi connectivity index (χ3n) is 5.36. The zero-order chi connectivity index (χ0) is 17.3. The zero-order valence-electron chi connectivity index (χ0n) is 14.9. The molecule has 1 aromatic rings. The van der Waals surface area contributed by atoms with Crippen molar-refractivity contribution in [2.24, 2.45) is 11.8 Å². The van der Waals surface area contributed by atoms with Crippen LogP contribution >= 0.6 is 0 Å². The molecule has 0 aromatic heterocycles. The van der Waals surface area contributed by atoms with Gasteiger partial charge in [0.1, 0.15) is 6.04 Å². The van der Waals surface area contributed by atoms with Crippen LogP contribution in [0, 0.1) is 18.8 Å². The number of carbonyl (C=O) groups excluding carboxylic acids is 2. The maximum absolute atomic E-state index is 12.7. The highest BCUT2D eigenvalue weighted by Crippen LogP contribution is 2.48. The molecule has 1 aromatic carbocycles. The third kappa shape index (κ3) is 3.47. The smallest absolute Gasteiger partial charge is 0.245 e. The van der Waals surface area contributed by atoms with E-state index >= 15 is 0 Å². The second kappa shape index (κ2) is 6.96. The van der Waals surface area contributed by atoms with E-state index in [0.29, 0.717) is 5.92 Å². The molecule has 1 aliphatic heterocycles. The quantitative estimate of drug-likeness (QED) is 0.903. The van der Waals surface area contributed by atoms with Crippen LogP contribution in [0.4, 0.5) is 0 Å². The first-order valence-electron chi connectivity index (χ1n) is 9.13. The Bertz CT molecular complexity index is 620. The molecule has 2 aliphatic rings. The summed E-state index contributed by atoms with van der Waals surface area (Å²) in [7, 11) is 0. The van der Waals surface area contributed by atoms with Gasteiger partial charge >= 0.3 is 0 Å². The van der Waals surface area contributed by atoms with Gasteiger partial charge in [-0.2, -0.15) is 0 Å². The lowest BCUT2D eigenvalue weighted by atomic mass is 10.0. The molecule has 1 saturated heterocycles. The fraction of sp³-hybridized carbons (Fsp3) is 0.600. The molecule has 2 fully saturated rings. The fourth-order valence-electron chi connectivity index (χ4n) is 3.74. The number of benzene rings is 1. The maximum Gasteiger partial charge on any atom is 0.245 e. The highest BCUT2D eigenvalue weighted by Gasteiger charge is 2.45. The molecule has 4 heteroatoms. The molecule has 4 nitrogen and oxygen atoms in total. The predicted molar refractivity (Wildman–Crippen MR) is 94.6 cm³/mol. The molecule has 1 saturated carbocycles. The van der Waals surface area contributed by atoms with Crippen molar-refractivity contribution in [3.05, 3.63) is 35.4 Å². The number of rotatable bonds is 5. The van der Waals surface area contributed by atoms with E-state index in [-0.39, 0.29) is 23.7 Å². The van der Waals surface area contributed by atoms with E-state index in [1.54, 1.807) is 0 Å². The summed E-state index contributed by atoms with van der Waals surface area (Å²) in [6.07, 6.45) is 3.03. The summed E-state index contributed by atoms with van der Waals surface area (Å²) in [6, 6.07) is 7.87. The number of aryl methyl sites for hydroxylation is 1. The van der Waals surface area contributed by atoms with Gasteiger partial charge in [0, 0.05) is 19.0 Å². The average molecular weight is 328 g/mol. The lowest BCUT2D eigenvalue weighted by molar-refractivity contribution is -0.137. The minimum atomic E-state index is -0.395. The summed E-state index contributed by atoms with van der Waals surface area (Å²) in [4.78, 5) is 27.2. The molecule has 2 amide bonds. The van der Waals surface area contributed by atoms with Crippen LogP contribution in [0.1, 0.15) is 50.2 Å². The van der Waals surface area contributed by atoms with Crippen molar-refractivity contribution < 1.29 is 9.59 Å². The predicted octanol–water partition coefficient (Wildman–Crippen LogP) is 2.86. The summed E-state index contributed by atoms with van der Waals surface area (Å²) in [5.41, 5.74) is 2.51. The van der Waals surface area contributed by atoms with E-state index in [2.05, 4.69) is 24.4 Å². The van der Waals surface area contributed by atoms with Gasteiger partial charge in [0.05, 0.1) is 0 Å². The normalized spacial score (nSPS) is 24.1. The molecule has 3 rings (SSSR count). The fourth-order valence-corrected chi connectivity index (χ4v) is 3.74. The highest BCUT2D eigenvalue weighted by molar-refractivity contribution is 5.90. The molecule has 1 N–H and O–H groups in total. The van der Waals surface area contributed by atoms with E-state index in [1.807, 2.05) is 30.9 Å². The molecular weight excluding hydrogens is 300 g/mol. The first-order chi connectivity index (χ1) is 11.5. The number of hydrogen-bond donors (Lipinski definition) is 1. The number of nitrogens with zero attached hydrogens (tertiary/aromatic N) is 1. The van der Waals surface area contributed by atoms with E-state index in [0.717, 1.165) is 32.4 Å². The molecule has 24 heavy (non-hydrogen) atoms. The first-order valence-corrected chi connectivity index (χ1v) is 9.13. The van der Waals surface area contributed by atoms with Crippen molar-refractivity contribution in [2.75, 3.05) is 13.1 Å². The van der Waals surface area contributed by atoms with E-state index < -0.39 is 6.04 Å². The lowest BCUT2D eigenvalue weighted by Crippen LogP contribution is -2.51. The molecule has 1 aliphatic carbocycles. The van der Waals surface area contributed by atoms with Crippen LogP contribution in [0.3, 0.4) is 0 Å². The van der Waals surface area contributed by atoms with Crippen LogP contribution in [0.15, 0.2) is 24.3 Å². The van der Waals surface area contributed by atoms with Gasteiger partial charge in [0.15, 0.2) is 0 Å². The van der Waals surface area contributed by atoms with E-state index in [1.165, 1.54) is 11.1 Å². The second-order valence-electron chi connectivity index (χ2n) is 7.57.